The molecule has 11 heteroatoms. The molecule has 0 spiro atoms. The maximum absolute atomic E-state index is 13.2. The average molecular weight is 579 g/mol. The molecule has 0 atom stereocenters. The Hall–Kier alpha value is -4.09. The number of hydrogen-bond donors (Lipinski definition) is 3. The summed E-state index contributed by atoms with van der Waals surface area (Å²) in [6, 6.07) is 21.3. The van der Waals surface area contributed by atoms with E-state index in [9.17, 15) is 23.1 Å². The predicted molar refractivity (Wildman–Crippen MR) is 156 cm³/mol. The number of rotatable bonds is 11. The van der Waals surface area contributed by atoms with Gasteiger partial charge in [0.2, 0.25) is 0 Å². The number of carbonyl (C=O) groups excluding carboxylic acids is 1. The first-order valence-corrected chi connectivity index (χ1v) is 15.4. The second kappa shape index (κ2) is 12.8. The normalized spacial score (nSPS) is 11.2. The summed E-state index contributed by atoms with van der Waals surface area (Å²) in [5, 5.41) is 12.9. The number of unbranched alkanes of at least 4 members (excludes halogenated alkanes) is 1. The van der Waals surface area contributed by atoms with Crippen molar-refractivity contribution in [3.63, 3.8) is 0 Å². The van der Waals surface area contributed by atoms with Crippen LogP contribution in [0.2, 0.25) is 0 Å². The molecule has 9 nitrogen and oxygen atoms in total. The number of aromatic nitrogens is 2. The fourth-order valence-corrected chi connectivity index (χ4v) is 6.01. The Kier molecular flexibility index (Phi) is 9.28. The molecule has 4 rings (SSSR count). The third-order valence-corrected chi connectivity index (χ3v) is 8.27. The van der Waals surface area contributed by atoms with Crippen molar-refractivity contribution in [2.75, 3.05) is 11.6 Å². The van der Waals surface area contributed by atoms with Crippen LogP contribution in [0.1, 0.15) is 41.6 Å². The fraction of sp³-hybridized carbons (Fsp3) is 0.207. The summed E-state index contributed by atoms with van der Waals surface area (Å²) in [5.41, 5.74) is 2.53. The van der Waals surface area contributed by atoms with E-state index in [1.165, 1.54) is 17.8 Å². The number of sulfonamides is 1. The van der Waals surface area contributed by atoms with Crippen LogP contribution in [-0.4, -0.2) is 41.3 Å². The van der Waals surface area contributed by atoms with Gasteiger partial charge in [0.25, 0.3) is 10.0 Å². The van der Waals surface area contributed by atoms with Gasteiger partial charge in [-0.1, -0.05) is 74.0 Å². The summed E-state index contributed by atoms with van der Waals surface area (Å²) in [4.78, 5) is 29.0. The monoisotopic (exact) mass is 578 g/mol. The van der Waals surface area contributed by atoms with E-state index in [1.807, 2.05) is 18.4 Å². The van der Waals surface area contributed by atoms with Crippen molar-refractivity contribution in [1.82, 2.24) is 14.3 Å². The Morgan fingerprint density at radius 2 is 1.65 bits per heavy atom. The highest BCUT2D eigenvalue weighted by molar-refractivity contribution is 7.98. The highest BCUT2D eigenvalue weighted by Crippen LogP contribution is 2.29. The SMILES string of the molecule is CCCCc1nc(SC)c(C(=O)O)n1Cc1ccc(-c2ccccc2S(=O)(=O)NC(=O)Nc2ccccc2)cc1. The number of carboxylic acid groups (broad SMARTS) is 1. The molecular weight excluding hydrogens is 548 g/mol. The van der Waals surface area contributed by atoms with E-state index in [-0.39, 0.29) is 10.6 Å². The molecule has 1 heterocycles. The van der Waals surface area contributed by atoms with E-state index in [0.29, 0.717) is 34.8 Å². The zero-order valence-electron chi connectivity index (χ0n) is 22.1. The van der Waals surface area contributed by atoms with Crippen molar-refractivity contribution < 1.29 is 23.1 Å². The van der Waals surface area contributed by atoms with E-state index in [1.54, 1.807) is 65.2 Å². The van der Waals surface area contributed by atoms with Gasteiger partial charge in [0.15, 0.2) is 5.69 Å². The standard InChI is InChI=1S/C29H30N4O5S2/c1-3-4-14-25-31-27(39-2)26(28(34)35)33(25)19-20-15-17-21(18-16-20)23-12-8-9-13-24(23)40(37,38)32-29(36)30-22-10-6-5-7-11-22/h5-13,15-18H,3-4,14,19H2,1-2H3,(H,34,35)(H2,30,32,36). The molecule has 40 heavy (non-hydrogen) atoms. The first-order chi connectivity index (χ1) is 19.2. The minimum atomic E-state index is -4.19. The third kappa shape index (κ3) is 6.72. The topological polar surface area (TPSA) is 130 Å². The molecule has 1 aromatic heterocycles. The molecule has 0 aliphatic carbocycles. The second-order valence-electron chi connectivity index (χ2n) is 9.00. The smallest absolute Gasteiger partial charge is 0.355 e. The molecule has 0 aliphatic heterocycles. The van der Waals surface area contributed by atoms with Crippen molar-refractivity contribution in [3.05, 3.63) is 95.9 Å². The molecule has 0 aliphatic rings. The number of carbonyl (C=O) groups is 2. The Bertz CT molecular complexity index is 1600. The van der Waals surface area contributed by atoms with E-state index in [4.69, 9.17) is 0 Å². The number of thioether (sulfide) groups is 1. The molecule has 0 fully saturated rings. The van der Waals surface area contributed by atoms with Gasteiger partial charge in [0.05, 0.1) is 4.90 Å². The molecule has 3 aromatic carbocycles. The predicted octanol–water partition coefficient (Wildman–Crippen LogP) is 5.87. The number of urea groups is 1. The number of carboxylic acids is 1. The molecule has 2 amide bonds. The Balaban J connectivity index is 1.59. The molecule has 0 saturated carbocycles. The lowest BCUT2D eigenvalue weighted by atomic mass is 10.0. The molecule has 0 unspecified atom stereocenters. The summed E-state index contributed by atoms with van der Waals surface area (Å²) in [6.07, 6.45) is 4.34. The Morgan fingerprint density at radius 3 is 2.30 bits per heavy atom. The second-order valence-corrected chi connectivity index (χ2v) is 11.4. The van der Waals surface area contributed by atoms with Crippen LogP contribution >= 0.6 is 11.8 Å². The van der Waals surface area contributed by atoms with Crippen molar-refractivity contribution in [2.45, 2.75) is 42.7 Å². The highest BCUT2D eigenvalue weighted by Gasteiger charge is 2.23. The lowest BCUT2D eigenvalue weighted by molar-refractivity contribution is 0.0681. The molecule has 0 saturated heterocycles. The van der Waals surface area contributed by atoms with E-state index >= 15 is 0 Å². The lowest BCUT2D eigenvalue weighted by Gasteiger charge is -2.14. The Morgan fingerprint density at radius 1 is 0.975 bits per heavy atom. The number of nitrogens with one attached hydrogen (secondary N) is 2. The molecular formula is C29H30N4O5S2. The number of anilines is 1. The molecule has 0 radical (unpaired) electrons. The van der Waals surface area contributed by atoms with Gasteiger partial charge < -0.3 is 15.0 Å². The van der Waals surface area contributed by atoms with Crippen LogP contribution in [0.4, 0.5) is 10.5 Å². The third-order valence-electron chi connectivity index (χ3n) is 6.21. The number of nitrogens with zero attached hydrogens (tertiary/aromatic N) is 2. The van der Waals surface area contributed by atoms with Crippen LogP contribution in [0.25, 0.3) is 11.1 Å². The van der Waals surface area contributed by atoms with Gasteiger partial charge in [-0.05, 0) is 42.0 Å². The number of benzene rings is 3. The zero-order chi connectivity index (χ0) is 28.7. The van der Waals surface area contributed by atoms with Gasteiger partial charge in [-0.15, -0.1) is 11.8 Å². The van der Waals surface area contributed by atoms with Crippen molar-refractivity contribution >= 4 is 39.5 Å². The van der Waals surface area contributed by atoms with Gasteiger partial charge in [0, 0.05) is 24.2 Å². The summed E-state index contributed by atoms with van der Waals surface area (Å²) in [6.45, 7) is 2.39. The zero-order valence-corrected chi connectivity index (χ0v) is 23.8. The van der Waals surface area contributed by atoms with Gasteiger partial charge in [-0.2, -0.15) is 0 Å². The summed E-state index contributed by atoms with van der Waals surface area (Å²) in [7, 11) is -4.19. The van der Waals surface area contributed by atoms with Crippen LogP contribution in [0, 0.1) is 0 Å². The maximum Gasteiger partial charge on any atom is 0.355 e. The molecule has 4 aromatic rings. The molecule has 0 bridgehead atoms. The maximum atomic E-state index is 13.2. The van der Waals surface area contributed by atoms with E-state index in [2.05, 4.69) is 21.9 Å². The number of imidazole rings is 1. The fourth-order valence-electron chi connectivity index (χ4n) is 4.29. The van der Waals surface area contributed by atoms with Gasteiger partial charge in [0.1, 0.15) is 10.9 Å². The van der Waals surface area contributed by atoms with Gasteiger partial charge in [-0.3, -0.25) is 0 Å². The van der Waals surface area contributed by atoms with Gasteiger partial charge in [-0.25, -0.2) is 27.7 Å². The van der Waals surface area contributed by atoms with Crippen LogP contribution < -0.4 is 10.0 Å². The molecule has 208 valence electrons. The lowest BCUT2D eigenvalue weighted by Crippen LogP contribution is -2.34. The minimum Gasteiger partial charge on any atom is -0.476 e. The highest BCUT2D eigenvalue weighted by atomic mass is 32.2. The first-order valence-electron chi connectivity index (χ1n) is 12.7. The average Bonchev–Trinajstić information content (AvgIpc) is 3.29. The number of amides is 2. The van der Waals surface area contributed by atoms with Crippen molar-refractivity contribution in [1.29, 1.82) is 0 Å². The number of aromatic carboxylic acids is 1. The number of hydrogen-bond acceptors (Lipinski definition) is 6. The Labute approximate surface area is 237 Å². The van der Waals surface area contributed by atoms with Crippen LogP contribution in [0.5, 0.6) is 0 Å². The van der Waals surface area contributed by atoms with Crippen molar-refractivity contribution in [3.8, 4) is 11.1 Å². The number of aryl methyl sites for hydroxylation is 1. The summed E-state index contributed by atoms with van der Waals surface area (Å²) >= 11 is 1.31. The molecule has 3 N–H and O–H groups in total. The van der Waals surface area contributed by atoms with Crippen LogP contribution in [0.15, 0.2) is 88.8 Å². The quantitative estimate of drug-likeness (QED) is 0.190. The van der Waals surface area contributed by atoms with Gasteiger partial charge >= 0.3 is 12.0 Å². The summed E-state index contributed by atoms with van der Waals surface area (Å²) in [5.74, 6) is -0.303. The first kappa shape index (κ1) is 28.9. The van der Waals surface area contributed by atoms with Crippen molar-refractivity contribution in [2.24, 2.45) is 0 Å². The summed E-state index contributed by atoms with van der Waals surface area (Å²) < 4.78 is 30.1. The number of para-hydroxylation sites is 1. The van der Waals surface area contributed by atoms with E-state index < -0.39 is 22.0 Å². The largest absolute Gasteiger partial charge is 0.476 e. The van der Waals surface area contributed by atoms with Crippen LogP contribution in [-0.2, 0) is 23.0 Å². The van der Waals surface area contributed by atoms with E-state index in [0.717, 1.165) is 24.2 Å². The van der Waals surface area contributed by atoms with Crippen LogP contribution in [0.3, 0.4) is 0 Å². The minimum absolute atomic E-state index is 0.0415.